The quantitative estimate of drug-likeness (QED) is 0.598. The van der Waals surface area contributed by atoms with Gasteiger partial charge >= 0.3 is 0 Å². The number of aliphatic imine (C=N–C) groups is 1. The lowest BCUT2D eigenvalue weighted by Crippen LogP contribution is -2.37. The van der Waals surface area contributed by atoms with E-state index in [0.717, 1.165) is 35.2 Å². The van der Waals surface area contributed by atoms with Gasteiger partial charge in [-0.1, -0.05) is 12.1 Å². The van der Waals surface area contributed by atoms with Crippen molar-refractivity contribution < 1.29 is 4.74 Å². The molecule has 0 fully saturated rings. The molecule has 7 nitrogen and oxygen atoms in total. The van der Waals surface area contributed by atoms with Crippen LogP contribution in [-0.2, 0) is 20.1 Å². The van der Waals surface area contributed by atoms with Gasteiger partial charge in [0, 0.05) is 13.6 Å². The van der Waals surface area contributed by atoms with E-state index in [1.807, 2.05) is 33.0 Å². The molecule has 2 aromatic rings. The van der Waals surface area contributed by atoms with Gasteiger partial charge in [0.2, 0.25) is 0 Å². The first kappa shape index (κ1) is 17.8. The molecule has 0 saturated carbocycles. The van der Waals surface area contributed by atoms with Crippen LogP contribution in [0, 0.1) is 6.92 Å². The largest absolute Gasteiger partial charge is 0.494 e. The Morgan fingerprint density at radius 3 is 2.75 bits per heavy atom. The van der Waals surface area contributed by atoms with E-state index >= 15 is 0 Å². The molecule has 0 aliphatic heterocycles. The zero-order valence-electron chi connectivity index (χ0n) is 14.8. The van der Waals surface area contributed by atoms with Crippen molar-refractivity contribution in [1.29, 1.82) is 0 Å². The van der Waals surface area contributed by atoms with Gasteiger partial charge in [-0.25, -0.2) is 9.98 Å². The topological polar surface area (TPSA) is 76.4 Å². The van der Waals surface area contributed by atoms with Crippen LogP contribution in [0.4, 0.5) is 0 Å². The third-order valence-electron chi connectivity index (χ3n) is 3.52. The van der Waals surface area contributed by atoms with Gasteiger partial charge in [-0.15, -0.1) is 0 Å². The standard InChI is InChI=1S/C17H26N6O/c1-5-18-17(20-11-16-21-12-22-23(16)4)19-10-14-7-8-15(24-6-2)13(3)9-14/h7-9,12H,5-6,10-11H2,1-4H3,(H2,18,19,20). The lowest BCUT2D eigenvalue weighted by molar-refractivity contribution is 0.338. The van der Waals surface area contributed by atoms with Crippen molar-refractivity contribution in [1.82, 2.24) is 25.4 Å². The summed E-state index contributed by atoms with van der Waals surface area (Å²) < 4.78 is 7.31. The summed E-state index contributed by atoms with van der Waals surface area (Å²) in [5.41, 5.74) is 2.27. The van der Waals surface area contributed by atoms with Gasteiger partial charge in [0.15, 0.2) is 5.96 Å². The zero-order valence-corrected chi connectivity index (χ0v) is 14.8. The van der Waals surface area contributed by atoms with Crippen LogP contribution >= 0.6 is 0 Å². The number of aromatic nitrogens is 3. The Kier molecular flexibility index (Phi) is 6.60. The highest BCUT2D eigenvalue weighted by Gasteiger charge is 2.04. The van der Waals surface area contributed by atoms with Crippen LogP contribution in [0.5, 0.6) is 5.75 Å². The third kappa shape index (κ3) is 4.97. The summed E-state index contributed by atoms with van der Waals surface area (Å²) in [6.45, 7) is 8.73. The Bertz CT molecular complexity index is 679. The predicted octanol–water partition coefficient (Wildman–Crippen LogP) is 1.78. The molecule has 0 unspecified atom stereocenters. The van der Waals surface area contributed by atoms with Gasteiger partial charge in [-0.05, 0) is 38.0 Å². The zero-order chi connectivity index (χ0) is 17.4. The number of hydrogen-bond donors (Lipinski definition) is 2. The maximum atomic E-state index is 5.57. The van der Waals surface area contributed by atoms with Gasteiger partial charge in [-0.2, -0.15) is 5.10 Å². The Morgan fingerprint density at radius 1 is 1.29 bits per heavy atom. The second-order valence-corrected chi connectivity index (χ2v) is 5.38. The average molecular weight is 330 g/mol. The molecule has 1 heterocycles. The molecule has 0 bridgehead atoms. The lowest BCUT2D eigenvalue weighted by Gasteiger charge is -2.11. The fourth-order valence-electron chi connectivity index (χ4n) is 2.28. The molecular formula is C17H26N6O. The van der Waals surface area contributed by atoms with Crippen molar-refractivity contribution >= 4 is 5.96 Å². The highest BCUT2D eigenvalue weighted by Crippen LogP contribution is 2.19. The first-order chi connectivity index (χ1) is 11.6. The Labute approximate surface area is 143 Å². The summed E-state index contributed by atoms with van der Waals surface area (Å²) in [6.07, 6.45) is 1.55. The smallest absolute Gasteiger partial charge is 0.191 e. The number of guanidine groups is 1. The second kappa shape index (κ2) is 8.90. The van der Waals surface area contributed by atoms with E-state index in [4.69, 9.17) is 4.74 Å². The van der Waals surface area contributed by atoms with E-state index in [9.17, 15) is 0 Å². The van der Waals surface area contributed by atoms with Crippen LogP contribution < -0.4 is 15.4 Å². The molecule has 7 heteroatoms. The Hall–Kier alpha value is -2.57. The molecular weight excluding hydrogens is 304 g/mol. The fraction of sp³-hybridized carbons (Fsp3) is 0.471. The van der Waals surface area contributed by atoms with Crippen LogP contribution in [0.15, 0.2) is 29.5 Å². The molecule has 2 N–H and O–H groups in total. The summed E-state index contributed by atoms with van der Waals surface area (Å²) in [4.78, 5) is 8.82. The molecule has 0 radical (unpaired) electrons. The van der Waals surface area contributed by atoms with Crippen LogP contribution in [0.2, 0.25) is 0 Å². The number of hydrogen-bond acceptors (Lipinski definition) is 4. The monoisotopic (exact) mass is 330 g/mol. The molecule has 0 spiro atoms. The Morgan fingerprint density at radius 2 is 2.12 bits per heavy atom. The third-order valence-corrected chi connectivity index (χ3v) is 3.52. The molecule has 0 saturated heterocycles. The van der Waals surface area contributed by atoms with E-state index in [-0.39, 0.29) is 0 Å². The maximum Gasteiger partial charge on any atom is 0.191 e. The molecule has 1 aromatic carbocycles. The average Bonchev–Trinajstić information content (AvgIpc) is 2.98. The summed E-state index contributed by atoms with van der Waals surface area (Å²) in [6, 6.07) is 6.16. The minimum Gasteiger partial charge on any atom is -0.494 e. The molecule has 2 rings (SSSR count). The minimum absolute atomic E-state index is 0.574. The van der Waals surface area contributed by atoms with Crippen LogP contribution in [-0.4, -0.2) is 33.9 Å². The molecule has 0 amide bonds. The van der Waals surface area contributed by atoms with Gasteiger partial charge < -0.3 is 15.4 Å². The summed E-state index contributed by atoms with van der Waals surface area (Å²) >= 11 is 0. The normalized spacial score (nSPS) is 11.4. The van der Waals surface area contributed by atoms with Crippen molar-refractivity contribution in [2.45, 2.75) is 33.9 Å². The lowest BCUT2D eigenvalue weighted by atomic mass is 10.1. The van der Waals surface area contributed by atoms with E-state index in [1.54, 1.807) is 11.0 Å². The first-order valence-electron chi connectivity index (χ1n) is 8.21. The number of ether oxygens (including phenoxy) is 1. The summed E-state index contributed by atoms with van der Waals surface area (Å²) in [5, 5.41) is 10.6. The van der Waals surface area contributed by atoms with Crippen molar-refractivity contribution in [3.8, 4) is 5.75 Å². The molecule has 0 atom stereocenters. The van der Waals surface area contributed by atoms with Crippen molar-refractivity contribution in [3.63, 3.8) is 0 Å². The molecule has 0 aliphatic carbocycles. The van der Waals surface area contributed by atoms with Crippen molar-refractivity contribution in [2.24, 2.45) is 12.0 Å². The van der Waals surface area contributed by atoms with E-state index in [2.05, 4.69) is 38.7 Å². The van der Waals surface area contributed by atoms with Gasteiger partial charge in [-0.3, -0.25) is 4.68 Å². The Balaban J connectivity index is 1.99. The minimum atomic E-state index is 0.574. The van der Waals surface area contributed by atoms with Crippen LogP contribution in [0.1, 0.15) is 30.8 Å². The highest BCUT2D eigenvalue weighted by atomic mass is 16.5. The SMILES string of the molecule is CCNC(=NCc1ccc(OCC)c(C)c1)NCc1ncnn1C. The van der Waals surface area contributed by atoms with Gasteiger partial charge in [0.25, 0.3) is 0 Å². The molecule has 1 aromatic heterocycles. The molecule has 0 aliphatic rings. The van der Waals surface area contributed by atoms with Crippen molar-refractivity contribution in [3.05, 3.63) is 41.5 Å². The van der Waals surface area contributed by atoms with Gasteiger partial charge in [0.05, 0.1) is 19.7 Å². The molecule has 130 valence electrons. The number of nitrogens with one attached hydrogen (secondary N) is 2. The predicted molar refractivity (Wildman–Crippen MR) is 95.0 cm³/mol. The fourth-order valence-corrected chi connectivity index (χ4v) is 2.28. The van der Waals surface area contributed by atoms with Crippen LogP contribution in [0.3, 0.4) is 0 Å². The number of rotatable bonds is 7. The second-order valence-electron chi connectivity index (χ2n) is 5.38. The number of benzene rings is 1. The van der Waals surface area contributed by atoms with E-state index in [1.165, 1.54) is 0 Å². The van der Waals surface area contributed by atoms with Crippen molar-refractivity contribution in [2.75, 3.05) is 13.2 Å². The first-order valence-corrected chi connectivity index (χ1v) is 8.21. The molecule has 24 heavy (non-hydrogen) atoms. The summed E-state index contributed by atoms with van der Waals surface area (Å²) in [7, 11) is 1.87. The number of aryl methyl sites for hydroxylation is 2. The highest BCUT2D eigenvalue weighted by molar-refractivity contribution is 5.79. The maximum absolute atomic E-state index is 5.57. The van der Waals surface area contributed by atoms with E-state index < -0.39 is 0 Å². The van der Waals surface area contributed by atoms with Gasteiger partial charge in [0.1, 0.15) is 17.9 Å². The van der Waals surface area contributed by atoms with Crippen LogP contribution in [0.25, 0.3) is 0 Å². The number of nitrogens with zero attached hydrogens (tertiary/aromatic N) is 4. The van der Waals surface area contributed by atoms with E-state index in [0.29, 0.717) is 19.7 Å². The summed E-state index contributed by atoms with van der Waals surface area (Å²) in [5.74, 6) is 2.54.